The molecule has 0 radical (unpaired) electrons. The maximum Gasteiger partial charge on any atom is 0.335 e. The summed E-state index contributed by atoms with van der Waals surface area (Å²) in [5.41, 5.74) is 5.30. The van der Waals surface area contributed by atoms with E-state index in [9.17, 15) is 9.59 Å². The number of carbonyl (C=O) groups is 2. The lowest BCUT2D eigenvalue weighted by Crippen LogP contribution is -2.48. The molecular weight excluding hydrogens is 238 g/mol. The summed E-state index contributed by atoms with van der Waals surface area (Å²) in [5.74, 6) is -2.36. The van der Waals surface area contributed by atoms with Crippen molar-refractivity contribution in [2.75, 3.05) is 6.61 Å². The molecule has 1 fully saturated rings. The van der Waals surface area contributed by atoms with Gasteiger partial charge in [0.1, 0.15) is 6.04 Å². The maximum absolute atomic E-state index is 10.9. The van der Waals surface area contributed by atoms with Gasteiger partial charge in [0.25, 0.3) is 0 Å². The molecule has 0 spiro atoms. The number of hydrogen-bond donors (Lipinski definition) is 3. The third-order valence-electron chi connectivity index (χ3n) is 3.34. The van der Waals surface area contributed by atoms with Gasteiger partial charge in [0.2, 0.25) is 0 Å². The Morgan fingerprint density at radius 3 is 2.11 bits per heavy atom. The molecular formula is C12H21NO5. The molecule has 104 valence electrons. The topological polar surface area (TPSA) is 110 Å². The molecule has 0 aliphatic heterocycles. The van der Waals surface area contributed by atoms with Gasteiger partial charge in [-0.3, -0.25) is 4.79 Å². The summed E-state index contributed by atoms with van der Waals surface area (Å²) < 4.78 is 5.22. The molecule has 18 heavy (non-hydrogen) atoms. The molecule has 1 aliphatic rings. The Bertz CT molecular complexity index is 286. The summed E-state index contributed by atoms with van der Waals surface area (Å²) in [6.07, 6.45) is 5.20. The van der Waals surface area contributed by atoms with Crippen molar-refractivity contribution in [3.05, 3.63) is 0 Å². The van der Waals surface area contributed by atoms with E-state index < -0.39 is 24.1 Å². The van der Waals surface area contributed by atoms with Crippen LogP contribution in [0.3, 0.4) is 0 Å². The highest BCUT2D eigenvalue weighted by molar-refractivity contribution is 5.84. The fourth-order valence-corrected chi connectivity index (χ4v) is 2.23. The zero-order chi connectivity index (χ0) is 13.5. The molecule has 0 aromatic carbocycles. The second-order valence-corrected chi connectivity index (χ2v) is 4.81. The van der Waals surface area contributed by atoms with Crippen molar-refractivity contribution in [1.29, 1.82) is 0 Å². The van der Waals surface area contributed by atoms with Gasteiger partial charge in [-0.25, -0.2) is 4.79 Å². The van der Waals surface area contributed by atoms with E-state index in [2.05, 4.69) is 0 Å². The number of aliphatic carboxylic acids is 2. The molecule has 0 aromatic heterocycles. The van der Waals surface area contributed by atoms with Gasteiger partial charge >= 0.3 is 11.9 Å². The van der Waals surface area contributed by atoms with Crippen molar-refractivity contribution < 1.29 is 24.5 Å². The Labute approximate surface area is 106 Å². The molecule has 0 heterocycles. The highest BCUT2D eigenvalue weighted by Gasteiger charge is 2.32. The number of hydrogen-bond acceptors (Lipinski definition) is 4. The Morgan fingerprint density at radius 2 is 1.67 bits per heavy atom. The van der Waals surface area contributed by atoms with Gasteiger partial charge in [0.15, 0.2) is 6.10 Å². The molecule has 6 nitrogen and oxygen atoms in total. The number of carboxylic acids is 2. The standard InChI is InChI=1S/C12H21NO5/c13-9(11(14)15)10(12(16)17)18-7-8-5-3-1-2-4-6-8/h8-10H,1-7,13H2,(H,14,15)(H,16,17)/t9-,10-/m0/s1. The van der Waals surface area contributed by atoms with Gasteiger partial charge in [-0.2, -0.15) is 0 Å². The number of ether oxygens (including phenoxy) is 1. The largest absolute Gasteiger partial charge is 0.480 e. The molecule has 1 saturated carbocycles. The van der Waals surface area contributed by atoms with Gasteiger partial charge in [-0.1, -0.05) is 25.7 Å². The van der Waals surface area contributed by atoms with E-state index in [1.165, 1.54) is 12.8 Å². The first-order chi connectivity index (χ1) is 8.52. The second-order valence-electron chi connectivity index (χ2n) is 4.81. The van der Waals surface area contributed by atoms with Crippen LogP contribution in [0, 0.1) is 5.92 Å². The lowest BCUT2D eigenvalue weighted by molar-refractivity contribution is -0.160. The van der Waals surface area contributed by atoms with E-state index >= 15 is 0 Å². The maximum atomic E-state index is 10.9. The summed E-state index contributed by atoms with van der Waals surface area (Å²) in [6, 6.07) is -1.52. The molecule has 0 saturated heterocycles. The minimum Gasteiger partial charge on any atom is -0.480 e. The molecule has 1 rings (SSSR count). The van der Waals surface area contributed by atoms with Crippen LogP contribution in [0.1, 0.15) is 38.5 Å². The van der Waals surface area contributed by atoms with Crippen molar-refractivity contribution in [3.8, 4) is 0 Å². The monoisotopic (exact) mass is 259 g/mol. The minimum atomic E-state index is -1.52. The fraction of sp³-hybridized carbons (Fsp3) is 0.833. The zero-order valence-corrected chi connectivity index (χ0v) is 10.4. The summed E-state index contributed by atoms with van der Waals surface area (Å²) in [4.78, 5) is 21.6. The predicted octanol–water partition coefficient (Wildman–Crippen LogP) is 0.838. The third kappa shape index (κ3) is 4.62. The molecule has 2 atom stereocenters. The van der Waals surface area contributed by atoms with E-state index in [1.54, 1.807) is 0 Å². The van der Waals surface area contributed by atoms with Crippen LogP contribution in [0.5, 0.6) is 0 Å². The molecule has 0 bridgehead atoms. The van der Waals surface area contributed by atoms with Gasteiger partial charge in [0, 0.05) is 0 Å². The lowest BCUT2D eigenvalue weighted by atomic mass is 10.0. The van der Waals surface area contributed by atoms with Crippen LogP contribution in [-0.4, -0.2) is 40.9 Å². The van der Waals surface area contributed by atoms with Crippen LogP contribution >= 0.6 is 0 Å². The van der Waals surface area contributed by atoms with E-state index in [-0.39, 0.29) is 6.61 Å². The van der Waals surface area contributed by atoms with E-state index in [1.807, 2.05) is 0 Å². The Kier molecular flexibility index (Phi) is 6.07. The molecule has 1 aliphatic carbocycles. The number of nitrogens with two attached hydrogens (primary N) is 1. The van der Waals surface area contributed by atoms with Gasteiger partial charge in [-0.05, 0) is 18.8 Å². The first-order valence-electron chi connectivity index (χ1n) is 6.35. The van der Waals surface area contributed by atoms with Crippen LogP contribution < -0.4 is 5.73 Å². The van der Waals surface area contributed by atoms with Gasteiger partial charge < -0.3 is 20.7 Å². The molecule has 0 aromatic rings. The predicted molar refractivity (Wildman–Crippen MR) is 64.2 cm³/mol. The summed E-state index contributed by atoms with van der Waals surface area (Å²) >= 11 is 0. The Hall–Kier alpha value is -1.14. The molecule has 0 amide bonds. The Morgan fingerprint density at radius 1 is 1.11 bits per heavy atom. The van der Waals surface area contributed by atoms with Crippen LogP contribution in [-0.2, 0) is 14.3 Å². The summed E-state index contributed by atoms with van der Waals surface area (Å²) in [6.45, 7) is 0.276. The van der Waals surface area contributed by atoms with Crippen LogP contribution in [0.4, 0.5) is 0 Å². The van der Waals surface area contributed by atoms with Crippen molar-refractivity contribution >= 4 is 11.9 Å². The number of rotatable bonds is 6. The fourth-order valence-electron chi connectivity index (χ4n) is 2.23. The quantitative estimate of drug-likeness (QED) is 0.610. The summed E-state index contributed by atoms with van der Waals surface area (Å²) in [7, 11) is 0. The van der Waals surface area contributed by atoms with Crippen LogP contribution in [0.2, 0.25) is 0 Å². The normalized spacial score (nSPS) is 20.9. The lowest BCUT2D eigenvalue weighted by Gasteiger charge is -2.21. The first kappa shape index (κ1) is 14.9. The van der Waals surface area contributed by atoms with Gasteiger partial charge in [-0.15, -0.1) is 0 Å². The molecule has 6 heteroatoms. The molecule has 0 unspecified atom stereocenters. The van der Waals surface area contributed by atoms with Gasteiger partial charge in [0.05, 0.1) is 6.61 Å². The van der Waals surface area contributed by atoms with Crippen molar-refractivity contribution in [2.45, 2.75) is 50.7 Å². The summed E-state index contributed by atoms with van der Waals surface area (Å²) in [5, 5.41) is 17.6. The van der Waals surface area contributed by atoms with Crippen LogP contribution in [0.15, 0.2) is 0 Å². The third-order valence-corrected chi connectivity index (χ3v) is 3.34. The van der Waals surface area contributed by atoms with Crippen molar-refractivity contribution in [1.82, 2.24) is 0 Å². The zero-order valence-electron chi connectivity index (χ0n) is 10.4. The Balaban J connectivity index is 2.46. The number of carboxylic acid groups (broad SMARTS) is 2. The average Bonchev–Trinajstić information content (AvgIpc) is 2.57. The molecule has 4 N–H and O–H groups in total. The van der Waals surface area contributed by atoms with Crippen molar-refractivity contribution in [3.63, 3.8) is 0 Å². The first-order valence-corrected chi connectivity index (χ1v) is 6.35. The van der Waals surface area contributed by atoms with E-state index in [0.29, 0.717) is 5.92 Å². The van der Waals surface area contributed by atoms with Crippen molar-refractivity contribution in [2.24, 2.45) is 11.7 Å². The van der Waals surface area contributed by atoms with E-state index in [4.69, 9.17) is 20.7 Å². The highest BCUT2D eigenvalue weighted by atomic mass is 16.5. The average molecular weight is 259 g/mol. The smallest absolute Gasteiger partial charge is 0.335 e. The SMILES string of the molecule is N[C@H](C(=O)O)[C@H](OCC1CCCCCC1)C(=O)O. The minimum absolute atomic E-state index is 0.276. The van der Waals surface area contributed by atoms with E-state index in [0.717, 1.165) is 25.7 Å². The second kappa shape index (κ2) is 7.33. The highest BCUT2D eigenvalue weighted by Crippen LogP contribution is 2.23. The van der Waals surface area contributed by atoms with Crippen LogP contribution in [0.25, 0.3) is 0 Å².